The van der Waals surface area contributed by atoms with E-state index in [9.17, 15) is 4.39 Å². The molecule has 1 aliphatic carbocycles. The third-order valence-electron chi connectivity index (χ3n) is 2.76. The van der Waals surface area contributed by atoms with Gasteiger partial charge in [0.1, 0.15) is 5.67 Å². The maximum Gasteiger partial charge on any atom is 0.136 e. The van der Waals surface area contributed by atoms with Crippen molar-refractivity contribution in [2.24, 2.45) is 5.92 Å². The number of rotatable bonds is 2. The van der Waals surface area contributed by atoms with Crippen LogP contribution in [0.4, 0.5) is 4.39 Å². The van der Waals surface area contributed by atoms with E-state index in [4.69, 9.17) is 0 Å². The van der Waals surface area contributed by atoms with Gasteiger partial charge < -0.3 is 5.32 Å². The molecule has 0 spiro atoms. The quantitative estimate of drug-likeness (QED) is 0.617. The van der Waals surface area contributed by atoms with Crippen LogP contribution in [0.15, 0.2) is 0 Å². The molecule has 0 unspecified atom stereocenters. The Morgan fingerprint density at radius 2 is 2.10 bits per heavy atom. The molecular weight excluding hydrogens is 129 g/mol. The maximum atomic E-state index is 13.3. The molecule has 2 fully saturated rings. The first-order valence-corrected chi connectivity index (χ1v) is 4.18. The molecule has 0 aromatic carbocycles. The van der Waals surface area contributed by atoms with E-state index in [1.54, 1.807) is 0 Å². The van der Waals surface area contributed by atoms with Crippen LogP contribution in [0, 0.1) is 5.92 Å². The third-order valence-corrected chi connectivity index (χ3v) is 2.76. The highest BCUT2D eigenvalue weighted by Gasteiger charge is 2.40. The van der Waals surface area contributed by atoms with Gasteiger partial charge >= 0.3 is 0 Å². The minimum absolute atomic E-state index is 0.601. The molecule has 0 aromatic heterocycles. The molecular formula is C8H14FN. The Bertz CT molecular complexity index is 127. The van der Waals surface area contributed by atoms with E-state index < -0.39 is 5.67 Å². The van der Waals surface area contributed by atoms with Gasteiger partial charge in [0.15, 0.2) is 0 Å². The molecule has 0 amide bonds. The Kier molecular flexibility index (Phi) is 1.44. The monoisotopic (exact) mass is 143 g/mol. The van der Waals surface area contributed by atoms with Crippen LogP contribution in [0.1, 0.15) is 25.7 Å². The van der Waals surface area contributed by atoms with Crippen LogP contribution in [0.5, 0.6) is 0 Å². The van der Waals surface area contributed by atoms with Crippen molar-refractivity contribution in [1.82, 2.24) is 5.32 Å². The summed E-state index contributed by atoms with van der Waals surface area (Å²) in [5, 5.41) is 2.98. The summed E-state index contributed by atoms with van der Waals surface area (Å²) in [7, 11) is 0. The zero-order chi connectivity index (χ0) is 7.03. The van der Waals surface area contributed by atoms with E-state index in [1.807, 2.05) is 0 Å². The van der Waals surface area contributed by atoms with Crippen molar-refractivity contribution < 1.29 is 4.39 Å². The van der Waals surface area contributed by atoms with Gasteiger partial charge in [-0.25, -0.2) is 4.39 Å². The lowest BCUT2D eigenvalue weighted by molar-refractivity contribution is 0.0441. The van der Waals surface area contributed by atoms with E-state index in [2.05, 4.69) is 5.32 Å². The predicted octanol–water partition coefficient (Wildman–Crippen LogP) is 1.49. The molecule has 1 heterocycles. The molecule has 0 bridgehead atoms. The van der Waals surface area contributed by atoms with Crippen molar-refractivity contribution in [2.75, 3.05) is 13.1 Å². The second kappa shape index (κ2) is 2.19. The van der Waals surface area contributed by atoms with Crippen molar-refractivity contribution in [3.05, 3.63) is 0 Å². The summed E-state index contributed by atoms with van der Waals surface area (Å²) >= 11 is 0. The van der Waals surface area contributed by atoms with Gasteiger partial charge in [-0.3, -0.25) is 0 Å². The number of alkyl halides is 1. The van der Waals surface area contributed by atoms with Crippen LogP contribution in [-0.2, 0) is 0 Å². The Labute approximate surface area is 61.0 Å². The average Bonchev–Trinajstić information content (AvgIpc) is 1.74. The minimum atomic E-state index is -0.814. The van der Waals surface area contributed by atoms with E-state index in [0.717, 1.165) is 6.42 Å². The van der Waals surface area contributed by atoms with Gasteiger partial charge in [-0.2, -0.15) is 0 Å². The third kappa shape index (κ3) is 1.05. The highest BCUT2D eigenvalue weighted by Crippen LogP contribution is 2.36. The summed E-state index contributed by atoms with van der Waals surface area (Å²) in [4.78, 5) is 0. The van der Waals surface area contributed by atoms with Gasteiger partial charge in [-0.05, 0) is 12.3 Å². The Morgan fingerprint density at radius 1 is 1.40 bits per heavy atom. The standard InChI is InChI=1S/C8H14FN/c9-8(5-10-6-8)4-7-2-1-3-7/h7,10H,1-6H2. The van der Waals surface area contributed by atoms with Gasteiger partial charge in [0.25, 0.3) is 0 Å². The average molecular weight is 143 g/mol. The summed E-state index contributed by atoms with van der Waals surface area (Å²) in [5.74, 6) is 0.715. The molecule has 2 rings (SSSR count). The van der Waals surface area contributed by atoms with Crippen LogP contribution < -0.4 is 5.32 Å². The van der Waals surface area contributed by atoms with E-state index in [0.29, 0.717) is 19.0 Å². The largest absolute Gasteiger partial charge is 0.310 e. The molecule has 0 radical (unpaired) electrons. The summed E-state index contributed by atoms with van der Waals surface area (Å²) in [6, 6.07) is 0. The molecule has 1 N–H and O–H groups in total. The molecule has 58 valence electrons. The van der Waals surface area contributed by atoms with Crippen LogP contribution in [0.3, 0.4) is 0 Å². The van der Waals surface area contributed by atoms with Crippen LogP contribution in [0.2, 0.25) is 0 Å². The number of hydrogen-bond acceptors (Lipinski definition) is 1. The highest BCUT2D eigenvalue weighted by atomic mass is 19.1. The molecule has 2 heteroatoms. The Hall–Kier alpha value is -0.110. The van der Waals surface area contributed by atoms with Crippen LogP contribution >= 0.6 is 0 Å². The topological polar surface area (TPSA) is 12.0 Å². The molecule has 0 atom stereocenters. The fourth-order valence-electron chi connectivity index (χ4n) is 1.75. The van der Waals surface area contributed by atoms with E-state index >= 15 is 0 Å². The first-order valence-electron chi connectivity index (χ1n) is 4.18. The molecule has 1 saturated heterocycles. The highest BCUT2D eigenvalue weighted by molar-refractivity contribution is 4.95. The van der Waals surface area contributed by atoms with Crippen LogP contribution in [-0.4, -0.2) is 18.8 Å². The van der Waals surface area contributed by atoms with Gasteiger partial charge in [0.2, 0.25) is 0 Å². The number of halogens is 1. The molecule has 1 nitrogen and oxygen atoms in total. The minimum Gasteiger partial charge on any atom is -0.310 e. The number of hydrogen-bond donors (Lipinski definition) is 1. The van der Waals surface area contributed by atoms with Gasteiger partial charge in [-0.15, -0.1) is 0 Å². The lowest BCUT2D eigenvalue weighted by Gasteiger charge is -2.40. The van der Waals surface area contributed by atoms with Gasteiger partial charge in [-0.1, -0.05) is 19.3 Å². The summed E-state index contributed by atoms with van der Waals surface area (Å²) in [6.45, 7) is 1.20. The zero-order valence-corrected chi connectivity index (χ0v) is 6.20. The van der Waals surface area contributed by atoms with Gasteiger partial charge in [0.05, 0.1) is 0 Å². The Morgan fingerprint density at radius 3 is 2.40 bits per heavy atom. The SMILES string of the molecule is FC1(CC2CCC2)CNC1. The number of nitrogens with one attached hydrogen (secondary N) is 1. The van der Waals surface area contributed by atoms with Crippen molar-refractivity contribution in [3.63, 3.8) is 0 Å². The fraction of sp³-hybridized carbons (Fsp3) is 1.00. The fourth-order valence-corrected chi connectivity index (χ4v) is 1.75. The van der Waals surface area contributed by atoms with E-state index in [-0.39, 0.29) is 0 Å². The summed E-state index contributed by atoms with van der Waals surface area (Å²) in [5.41, 5.74) is -0.814. The molecule has 10 heavy (non-hydrogen) atoms. The maximum absolute atomic E-state index is 13.3. The van der Waals surface area contributed by atoms with Gasteiger partial charge in [0, 0.05) is 13.1 Å². The lowest BCUT2D eigenvalue weighted by Crippen LogP contribution is -2.57. The molecule has 2 aliphatic rings. The predicted molar refractivity (Wildman–Crippen MR) is 38.7 cm³/mol. The first-order chi connectivity index (χ1) is 4.79. The van der Waals surface area contributed by atoms with Crippen LogP contribution in [0.25, 0.3) is 0 Å². The van der Waals surface area contributed by atoms with E-state index in [1.165, 1.54) is 19.3 Å². The van der Waals surface area contributed by atoms with Crippen molar-refractivity contribution in [1.29, 1.82) is 0 Å². The van der Waals surface area contributed by atoms with Crippen molar-refractivity contribution in [3.8, 4) is 0 Å². The normalized spacial score (nSPS) is 30.9. The molecule has 0 aromatic rings. The zero-order valence-electron chi connectivity index (χ0n) is 6.20. The molecule has 1 aliphatic heterocycles. The summed E-state index contributed by atoms with van der Waals surface area (Å²) < 4.78 is 13.3. The smallest absolute Gasteiger partial charge is 0.136 e. The Balaban J connectivity index is 1.77. The first kappa shape index (κ1) is 6.59. The second-order valence-corrected chi connectivity index (χ2v) is 3.76. The summed E-state index contributed by atoms with van der Waals surface area (Å²) in [6.07, 6.45) is 4.69. The van der Waals surface area contributed by atoms with Crippen molar-refractivity contribution >= 4 is 0 Å². The lowest BCUT2D eigenvalue weighted by atomic mass is 9.76. The second-order valence-electron chi connectivity index (χ2n) is 3.76. The molecule has 1 saturated carbocycles. The van der Waals surface area contributed by atoms with Crippen molar-refractivity contribution in [2.45, 2.75) is 31.4 Å².